The van der Waals surface area contributed by atoms with Crippen LogP contribution in [0.1, 0.15) is 201 Å². The second-order valence-corrected chi connectivity index (χ2v) is 13.6. The minimum atomic E-state index is -4.16. The Bertz CT molecular complexity index is 701. The molecule has 0 bridgehead atoms. The van der Waals surface area contributed by atoms with Crippen LogP contribution in [-0.2, 0) is 24.2 Å². The van der Waals surface area contributed by atoms with E-state index < -0.39 is 16.6 Å². The predicted octanol–water partition coefficient (Wildman–Crippen LogP) is 10.1. The molecule has 2 amide bonds. The van der Waals surface area contributed by atoms with Crippen molar-refractivity contribution in [1.82, 2.24) is 4.90 Å². The molecule has 0 saturated carbocycles. The standard InChI is InChI=1S/C34H67NO3.CH4O4S/c1-4-6-8-10-12-14-16-18-20-22-24-26-28-30-33(37)35(32(3)36)34(38)31-29-27-25-23-21-19-17-15-13-11-9-7-5-2;1-5-6(2,3)4/h32,36H,4-31H2,1-3H3;1H3,(H,2,3,4). The van der Waals surface area contributed by atoms with E-state index in [0.717, 1.165) is 50.5 Å². The molecule has 1 atom stereocenters. The zero-order chi connectivity index (χ0) is 33.3. The fourth-order valence-corrected chi connectivity index (χ4v) is 5.38. The molecule has 0 spiro atoms. The zero-order valence-corrected chi connectivity index (χ0v) is 30.0. The number of aliphatic hydroxyl groups excluding tert-OH is 1. The number of hydrogen-bond acceptors (Lipinski definition) is 6. The minimum Gasteiger partial charge on any atom is -0.373 e. The summed E-state index contributed by atoms with van der Waals surface area (Å²) in [5, 5.41) is 10.0. The van der Waals surface area contributed by atoms with Gasteiger partial charge in [-0.05, 0) is 19.8 Å². The Morgan fingerprint density at radius 1 is 0.545 bits per heavy atom. The number of imide groups is 1. The highest BCUT2D eigenvalue weighted by atomic mass is 32.3. The molecule has 44 heavy (non-hydrogen) atoms. The van der Waals surface area contributed by atoms with Crippen LogP contribution in [0.3, 0.4) is 0 Å². The Labute approximate surface area is 272 Å². The number of carbonyl (C=O) groups is 2. The molecule has 0 aliphatic heterocycles. The average Bonchev–Trinajstić information content (AvgIpc) is 2.97. The highest BCUT2D eigenvalue weighted by molar-refractivity contribution is 7.80. The van der Waals surface area contributed by atoms with E-state index >= 15 is 0 Å². The number of aliphatic hydroxyl groups is 1. The van der Waals surface area contributed by atoms with Gasteiger partial charge >= 0.3 is 10.4 Å². The van der Waals surface area contributed by atoms with Gasteiger partial charge in [-0.1, -0.05) is 168 Å². The van der Waals surface area contributed by atoms with Gasteiger partial charge in [0.2, 0.25) is 11.8 Å². The normalized spacial score (nSPS) is 12.0. The number of hydrogen-bond donors (Lipinski definition) is 2. The Balaban J connectivity index is 0. The molecule has 2 N–H and O–H groups in total. The fraction of sp³-hybridized carbons (Fsp3) is 0.943. The van der Waals surface area contributed by atoms with Gasteiger partial charge in [0.25, 0.3) is 0 Å². The van der Waals surface area contributed by atoms with Crippen molar-refractivity contribution in [3.8, 4) is 0 Å². The third-order valence-electron chi connectivity index (χ3n) is 8.11. The molecule has 0 fully saturated rings. The van der Waals surface area contributed by atoms with Crippen molar-refractivity contribution >= 4 is 22.2 Å². The summed E-state index contributed by atoms with van der Waals surface area (Å²) in [6, 6.07) is 0. The Morgan fingerprint density at radius 3 is 0.932 bits per heavy atom. The van der Waals surface area contributed by atoms with Gasteiger partial charge in [-0.2, -0.15) is 8.42 Å². The van der Waals surface area contributed by atoms with Gasteiger partial charge < -0.3 is 5.11 Å². The quantitative estimate of drug-likeness (QED) is 0.0451. The van der Waals surface area contributed by atoms with Crippen molar-refractivity contribution in [2.75, 3.05) is 7.11 Å². The van der Waals surface area contributed by atoms with Gasteiger partial charge in [0, 0.05) is 12.8 Å². The molecule has 0 saturated heterocycles. The second-order valence-electron chi connectivity index (χ2n) is 12.4. The van der Waals surface area contributed by atoms with Crippen molar-refractivity contribution in [3.05, 3.63) is 0 Å². The summed E-state index contributed by atoms with van der Waals surface area (Å²) in [7, 11) is -3.29. The maximum Gasteiger partial charge on any atom is 0.397 e. The van der Waals surface area contributed by atoms with Crippen LogP contribution in [0, 0.1) is 0 Å². The van der Waals surface area contributed by atoms with Gasteiger partial charge in [-0.3, -0.25) is 23.2 Å². The summed E-state index contributed by atoms with van der Waals surface area (Å²) in [5.41, 5.74) is 0. The molecule has 1 unspecified atom stereocenters. The highest BCUT2D eigenvalue weighted by Crippen LogP contribution is 2.16. The van der Waals surface area contributed by atoms with Crippen LogP contribution in [0.4, 0.5) is 0 Å². The first kappa shape index (κ1) is 45.1. The topological polar surface area (TPSA) is 121 Å². The van der Waals surface area contributed by atoms with Crippen molar-refractivity contribution < 1.29 is 31.8 Å². The average molecular weight is 650 g/mol. The summed E-state index contributed by atoms with van der Waals surface area (Å²) >= 11 is 0. The molecular weight excluding hydrogens is 578 g/mol. The molecule has 0 aromatic heterocycles. The Kier molecular flexibility index (Phi) is 34.2. The van der Waals surface area contributed by atoms with Crippen molar-refractivity contribution in [2.45, 2.75) is 207 Å². The first-order chi connectivity index (χ1) is 21.1. The van der Waals surface area contributed by atoms with E-state index in [1.165, 1.54) is 135 Å². The zero-order valence-electron chi connectivity index (χ0n) is 29.2. The third kappa shape index (κ3) is 33.9. The lowest BCUT2D eigenvalue weighted by Gasteiger charge is -2.23. The SMILES string of the molecule is CCCCCCCCCCCCCCCC(=O)N(C(=O)CCCCCCCCCCCCCCC)C(C)O.COS(=O)(=O)O. The van der Waals surface area contributed by atoms with Gasteiger partial charge in [0.15, 0.2) is 0 Å². The molecule has 0 aromatic rings. The minimum absolute atomic E-state index is 0.206. The molecule has 0 aromatic carbocycles. The molecule has 0 aliphatic rings. The van der Waals surface area contributed by atoms with Crippen LogP contribution in [-0.4, -0.2) is 48.1 Å². The molecule has 9 heteroatoms. The fourth-order valence-electron chi connectivity index (χ4n) is 5.38. The largest absolute Gasteiger partial charge is 0.397 e. The van der Waals surface area contributed by atoms with Crippen LogP contribution in [0.25, 0.3) is 0 Å². The van der Waals surface area contributed by atoms with E-state index in [1.807, 2.05) is 0 Å². The van der Waals surface area contributed by atoms with Crippen LogP contribution in [0.2, 0.25) is 0 Å². The van der Waals surface area contributed by atoms with Gasteiger partial charge in [-0.15, -0.1) is 0 Å². The molecular formula is C35H71NO7S. The predicted molar refractivity (Wildman–Crippen MR) is 183 cm³/mol. The van der Waals surface area contributed by atoms with Gasteiger partial charge in [0.1, 0.15) is 6.23 Å². The highest BCUT2D eigenvalue weighted by Gasteiger charge is 2.24. The van der Waals surface area contributed by atoms with E-state index in [1.54, 1.807) is 0 Å². The smallest absolute Gasteiger partial charge is 0.373 e. The number of rotatable bonds is 30. The summed E-state index contributed by atoms with van der Waals surface area (Å²) in [5.74, 6) is -0.412. The van der Waals surface area contributed by atoms with Crippen LogP contribution in [0.5, 0.6) is 0 Å². The summed E-state index contributed by atoms with van der Waals surface area (Å²) in [6.45, 7) is 6.06. The third-order valence-corrected chi connectivity index (χ3v) is 8.53. The van der Waals surface area contributed by atoms with Crippen molar-refractivity contribution in [3.63, 3.8) is 0 Å². The maximum absolute atomic E-state index is 12.6. The van der Waals surface area contributed by atoms with E-state index in [-0.39, 0.29) is 11.8 Å². The lowest BCUT2D eigenvalue weighted by Crippen LogP contribution is -2.43. The number of nitrogens with zero attached hydrogens (tertiary/aromatic N) is 1. The summed E-state index contributed by atoms with van der Waals surface area (Å²) < 4.78 is 29.7. The summed E-state index contributed by atoms with van der Waals surface area (Å²) in [4.78, 5) is 26.3. The van der Waals surface area contributed by atoms with Crippen molar-refractivity contribution in [1.29, 1.82) is 0 Å². The molecule has 8 nitrogen and oxygen atoms in total. The number of amides is 2. The van der Waals surface area contributed by atoms with E-state index in [2.05, 4.69) is 18.0 Å². The number of unbranched alkanes of at least 4 members (excludes halogenated alkanes) is 24. The lowest BCUT2D eigenvalue weighted by atomic mass is 10.0. The monoisotopic (exact) mass is 649 g/mol. The first-order valence-corrected chi connectivity index (χ1v) is 19.5. The number of carbonyl (C=O) groups excluding carboxylic acids is 2. The molecule has 264 valence electrons. The molecule has 0 aliphatic carbocycles. The van der Waals surface area contributed by atoms with Gasteiger partial charge in [-0.25, -0.2) is 0 Å². The molecule has 0 radical (unpaired) electrons. The van der Waals surface area contributed by atoms with Crippen LogP contribution < -0.4 is 0 Å². The molecule has 0 heterocycles. The van der Waals surface area contributed by atoms with Crippen LogP contribution >= 0.6 is 0 Å². The van der Waals surface area contributed by atoms with E-state index in [4.69, 9.17) is 4.55 Å². The first-order valence-electron chi connectivity index (χ1n) is 18.2. The Hall–Kier alpha value is -1.03. The van der Waals surface area contributed by atoms with Gasteiger partial charge in [0.05, 0.1) is 7.11 Å². The molecule has 0 rings (SSSR count). The maximum atomic E-state index is 12.6. The van der Waals surface area contributed by atoms with E-state index in [0.29, 0.717) is 12.8 Å². The Morgan fingerprint density at radius 2 is 0.750 bits per heavy atom. The second kappa shape index (κ2) is 33.3. The van der Waals surface area contributed by atoms with Crippen molar-refractivity contribution in [2.24, 2.45) is 0 Å². The lowest BCUT2D eigenvalue weighted by molar-refractivity contribution is -0.155. The van der Waals surface area contributed by atoms with E-state index in [9.17, 15) is 23.1 Å². The summed E-state index contributed by atoms with van der Waals surface area (Å²) in [6.07, 6.45) is 32.6. The van der Waals surface area contributed by atoms with Crippen LogP contribution in [0.15, 0.2) is 0 Å².